The molecule has 0 spiro atoms. The second-order valence-corrected chi connectivity index (χ2v) is 7.28. The number of hydrogen-bond donors (Lipinski definition) is 0. The van der Waals surface area contributed by atoms with Crippen molar-refractivity contribution in [3.8, 4) is 11.5 Å². The molecule has 1 aromatic heterocycles. The van der Waals surface area contributed by atoms with Gasteiger partial charge < -0.3 is 13.9 Å². The molecule has 0 saturated carbocycles. The molecule has 0 aliphatic rings. The molecule has 4 aromatic rings. The van der Waals surface area contributed by atoms with Crippen LogP contribution >= 0.6 is 11.6 Å². The van der Waals surface area contributed by atoms with Gasteiger partial charge in [0.25, 0.3) is 0 Å². The average molecular weight is 433 g/mol. The molecule has 0 fully saturated rings. The van der Waals surface area contributed by atoms with E-state index < -0.39 is 0 Å². The molecule has 0 radical (unpaired) electrons. The zero-order chi connectivity index (χ0) is 21.5. The summed E-state index contributed by atoms with van der Waals surface area (Å²) in [5.41, 5.74) is 2.94. The minimum absolute atomic E-state index is 0.402. The Hall–Kier alpha value is -3.57. The van der Waals surface area contributed by atoms with Gasteiger partial charge in [-0.2, -0.15) is 0 Å². The van der Waals surface area contributed by atoms with Crippen molar-refractivity contribution in [1.29, 1.82) is 0 Å². The summed E-state index contributed by atoms with van der Waals surface area (Å²) in [7, 11) is 1.65. The van der Waals surface area contributed by atoms with E-state index in [0.29, 0.717) is 29.8 Å². The predicted molar refractivity (Wildman–Crippen MR) is 121 cm³/mol. The van der Waals surface area contributed by atoms with E-state index in [2.05, 4.69) is 10.2 Å². The minimum atomic E-state index is 0.402. The second kappa shape index (κ2) is 9.96. The van der Waals surface area contributed by atoms with Crippen molar-refractivity contribution in [2.24, 2.45) is 0 Å². The molecule has 0 aliphatic carbocycles. The first-order chi connectivity index (χ1) is 15.2. The second-order valence-electron chi connectivity index (χ2n) is 6.85. The standard InChI is InChI=1S/C25H21ClN2O3/c1-29-23-12-10-18(14-20(23)17-30-22-8-3-2-4-9-22)11-13-24-27-28-25(31-24)16-19-6-5-7-21(26)15-19/h2-15H,16-17H2,1H3/b13-11-. The van der Waals surface area contributed by atoms with Crippen LogP contribution in [0.2, 0.25) is 5.02 Å². The van der Waals surface area contributed by atoms with Gasteiger partial charge in [0.15, 0.2) is 0 Å². The van der Waals surface area contributed by atoms with Crippen LogP contribution in [0.3, 0.4) is 0 Å². The summed E-state index contributed by atoms with van der Waals surface area (Å²) in [6.07, 6.45) is 4.24. The van der Waals surface area contributed by atoms with Gasteiger partial charge in [-0.25, -0.2) is 0 Å². The van der Waals surface area contributed by atoms with E-state index in [9.17, 15) is 0 Å². The van der Waals surface area contributed by atoms with Gasteiger partial charge >= 0.3 is 0 Å². The first-order valence-electron chi connectivity index (χ1n) is 9.79. The molecule has 4 rings (SSSR count). The van der Waals surface area contributed by atoms with Crippen LogP contribution in [-0.4, -0.2) is 17.3 Å². The molecule has 6 heteroatoms. The quantitative estimate of drug-likeness (QED) is 0.338. The van der Waals surface area contributed by atoms with Gasteiger partial charge in [-0.05, 0) is 53.6 Å². The van der Waals surface area contributed by atoms with Crippen LogP contribution in [0.15, 0.2) is 77.2 Å². The van der Waals surface area contributed by atoms with E-state index in [-0.39, 0.29) is 0 Å². The summed E-state index contributed by atoms with van der Waals surface area (Å²) in [5.74, 6) is 2.56. The molecule has 0 saturated heterocycles. The molecule has 1 heterocycles. The van der Waals surface area contributed by atoms with Crippen LogP contribution in [0.4, 0.5) is 0 Å². The number of para-hydroxylation sites is 1. The maximum atomic E-state index is 6.03. The number of aromatic nitrogens is 2. The maximum Gasteiger partial charge on any atom is 0.240 e. The van der Waals surface area contributed by atoms with Crippen molar-refractivity contribution in [3.05, 3.63) is 106 Å². The Morgan fingerprint density at radius 3 is 2.61 bits per heavy atom. The lowest BCUT2D eigenvalue weighted by Gasteiger charge is -2.11. The number of rotatable bonds is 8. The summed E-state index contributed by atoms with van der Waals surface area (Å²) in [4.78, 5) is 0. The molecule has 31 heavy (non-hydrogen) atoms. The van der Waals surface area contributed by atoms with Crippen molar-refractivity contribution in [2.45, 2.75) is 13.0 Å². The van der Waals surface area contributed by atoms with E-state index in [1.165, 1.54) is 0 Å². The van der Waals surface area contributed by atoms with Crippen LogP contribution in [0, 0.1) is 0 Å². The topological polar surface area (TPSA) is 57.4 Å². The fourth-order valence-electron chi connectivity index (χ4n) is 3.09. The van der Waals surface area contributed by atoms with Crippen LogP contribution in [0.25, 0.3) is 12.2 Å². The third kappa shape index (κ3) is 5.74. The van der Waals surface area contributed by atoms with Crippen LogP contribution in [-0.2, 0) is 13.0 Å². The Balaban J connectivity index is 1.44. The lowest BCUT2D eigenvalue weighted by molar-refractivity contribution is 0.296. The Morgan fingerprint density at radius 2 is 1.81 bits per heavy atom. The predicted octanol–water partition coefficient (Wildman–Crippen LogP) is 6.07. The first-order valence-corrected chi connectivity index (χ1v) is 10.2. The number of benzene rings is 3. The van der Waals surface area contributed by atoms with Crippen molar-refractivity contribution in [2.75, 3.05) is 7.11 Å². The molecule has 5 nitrogen and oxygen atoms in total. The van der Waals surface area contributed by atoms with Gasteiger partial charge in [-0.1, -0.05) is 48.0 Å². The number of methoxy groups -OCH3 is 1. The normalized spacial score (nSPS) is 11.0. The number of hydrogen-bond acceptors (Lipinski definition) is 5. The third-order valence-corrected chi connectivity index (χ3v) is 4.82. The average Bonchev–Trinajstić information content (AvgIpc) is 3.24. The first kappa shape index (κ1) is 20.7. The van der Waals surface area contributed by atoms with Gasteiger partial charge in [0.1, 0.15) is 18.1 Å². The molecule has 0 atom stereocenters. The highest BCUT2D eigenvalue weighted by Crippen LogP contribution is 2.23. The third-order valence-electron chi connectivity index (χ3n) is 4.59. The summed E-state index contributed by atoms with van der Waals surface area (Å²) in [5, 5.41) is 8.89. The molecule has 0 N–H and O–H groups in total. The molecule has 3 aromatic carbocycles. The molecule has 0 aliphatic heterocycles. The molecule has 0 amide bonds. The Morgan fingerprint density at radius 1 is 0.935 bits per heavy atom. The van der Waals surface area contributed by atoms with Crippen molar-refractivity contribution >= 4 is 23.8 Å². The highest BCUT2D eigenvalue weighted by Gasteiger charge is 2.07. The molecule has 0 bridgehead atoms. The summed E-state index contributed by atoms with van der Waals surface area (Å²) in [6.45, 7) is 0.402. The van der Waals surface area contributed by atoms with Gasteiger partial charge in [-0.15, -0.1) is 10.2 Å². The number of ether oxygens (including phenoxy) is 2. The van der Waals surface area contributed by atoms with E-state index in [0.717, 1.165) is 28.2 Å². The SMILES string of the molecule is COc1ccc(/C=C\c2nnc(Cc3cccc(Cl)c3)o2)cc1COc1ccccc1. The monoisotopic (exact) mass is 432 g/mol. The largest absolute Gasteiger partial charge is 0.496 e. The molecular formula is C25H21ClN2O3. The van der Waals surface area contributed by atoms with Gasteiger partial charge in [0.2, 0.25) is 11.8 Å². The van der Waals surface area contributed by atoms with Crippen molar-refractivity contribution in [3.63, 3.8) is 0 Å². The van der Waals surface area contributed by atoms with E-state index in [4.69, 9.17) is 25.5 Å². The highest BCUT2D eigenvalue weighted by molar-refractivity contribution is 6.30. The van der Waals surface area contributed by atoms with E-state index in [1.54, 1.807) is 13.2 Å². The molecular weight excluding hydrogens is 412 g/mol. The summed E-state index contributed by atoms with van der Waals surface area (Å²) < 4.78 is 17.1. The Labute approximate surface area is 185 Å². The molecule has 156 valence electrons. The van der Waals surface area contributed by atoms with Crippen LogP contribution < -0.4 is 9.47 Å². The number of halogens is 1. The minimum Gasteiger partial charge on any atom is -0.496 e. The summed E-state index contributed by atoms with van der Waals surface area (Å²) >= 11 is 6.03. The van der Waals surface area contributed by atoms with Gasteiger partial charge in [-0.3, -0.25) is 0 Å². The lowest BCUT2D eigenvalue weighted by Crippen LogP contribution is -1.99. The smallest absolute Gasteiger partial charge is 0.240 e. The van der Waals surface area contributed by atoms with Crippen LogP contribution in [0.5, 0.6) is 11.5 Å². The zero-order valence-electron chi connectivity index (χ0n) is 17.0. The van der Waals surface area contributed by atoms with Crippen LogP contribution in [0.1, 0.15) is 28.5 Å². The van der Waals surface area contributed by atoms with E-state index >= 15 is 0 Å². The van der Waals surface area contributed by atoms with Crippen molar-refractivity contribution < 1.29 is 13.9 Å². The fourth-order valence-corrected chi connectivity index (χ4v) is 3.30. The lowest BCUT2D eigenvalue weighted by atomic mass is 10.1. The van der Waals surface area contributed by atoms with Gasteiger partial charge in [0.05, 0.1) is 13.5 Å². The zero-order valence-corrected chi connectivity index (χ0v) is 17.8. The Kier molecular flexibility index (Phi) is 6.65. The van der Waals surface area contributed by atoms with E-state index in [1.807, 2.05) is 78.9 Å². The maximum absolute atomic E-state index is 6.03. The fraction of sp³-hybridized carbons (Fsp3) is 0.120. The number of nitrogens with zero attached hydrogens (tertiary/aromatic N) is 2. The summed E-state index contributed by atoms with van der Waals surface area (Å²) in [6, 6.07) is 23.2. The Bertz CT molecular complexity index is 1170. The van der Waals surface area contributed by atoms with Gasteiger partial charge in [0, 0.05) is 16.7 Å². The molecule has 0 unspecified atom stereocenters. The highest BCUT2D eigenvalue weighted by atomic mass is 35.5. The van der Waals surface area contributed by atoms with Crippen molar-refractivity contribution in [1.82, 2.24) is 10.2 Å².